The molecule has 0 spiro atoms. The molecule has 98 valence electrons. The van der Waals surface area contributed by atoms with Gasteiger partial charge in [-0.3, -0.25) is 10.5 Å². The molecule has 1 atom stereocenters. The predicted molar refractivity (Wildman–Crippen MR) is 71.1 cm³/mol. The summed E-state index contributed by atoms with van der Waals surface area (Å²) in [7, 11) is 0. The Morgan fingerprint density at radius 2 is 2.28 bits per heavy atom. The fourth-order valence-electron chi connectivity index (χ4n) is 1.95. The van der Waals surface area contributed by atoms with Crippen molar-refractivity contribution in [2.45, 2.75) is 39.3 Å². The van der Waals surface area contributed by atoms with Gasteiger partial charge in [-0.2, -0.15) is 5.10 Å². The number of nitrogens with one attached hydrogen (secondary N) is 1. The van der Waals surface area contributed by atoms with Crippen LogP contribution in [0.3, 0.4) is 0 Å². The Bertz CT molecular complexity index is 503. The summed E-state index contributed by atoms with van der Waals surface area (Å²) in [4.78, 5) is 1.06. The van der Waals surface area contributed by atoms with Crippen molar-refractivity contribution in [3.05, 3.63) is 28.5 Å². The van der Waals surface area contributed by atoms with Crippen molar-refractivity contribution in [3.63, 3.8) is 0 Å². The Balaban J connectivity index is 2.42. The van der Waals surface area contributed by atoms with Gasteiger partial charge in [0.2, 0.25) is 0 Å². The van der Waals surface area contributed by atoms with Crippen molar-refractivity contribution in [2.24, 2.45) is 5.84 Å². The number of hydrazine groups is 1. The normalized spacial score (nSPS) is 13.2. The summed E-state index contributed by atoms with van der Waals surface area (Å²) >= 11 is 1.38. The maximum atomic E-state index is 5.71. The fourth-order valence-corrected chi connectivity index (χ4v) is 2.83. The van der Waals surface area contributed by atoms with Gasteiger partial charge in [0.05, 0.1) is 16.3 Å². The van der Waals surface area contributed by atoms with Gasteiger partial charge in [-0.25, -0.2) is 5.43 Å². The minimum Gasteiger partial charge on any atom is -0.270 e. The number of rotatable bonds is 5. The second-order valence-electron chi connectivity index (χ2n) is 4.35. The highest BCUT2D eigenvalue weighted by Gasteiger charge is 2.24. The second kappa shape index (κ2) is 5.55. The van der Waals surface area contributed by atoms with Crippen molar-refractivity contribution in [1.82, 2.24) is 24.8 Å². The van der Waals surface area contributed by atoms with Gasteiger partial charge in [0.15, 0.2) is 0 Å². The first-order valence-corrected chi connectivity index (χ1v) is 6.76. The van der Waals surface area contributed by atoms with E-state index in [-0.39, 0.29) is 6.04 Å². The van der Waals surface area contributed by atoms with E-state index in [2.05, 4.69) is 40.9 Å². The number of aromatic nitrogens is 4. The van der Waals surface area contributed by atoms with E-state index in [1.807, 2.05) is 10.7 Å². The van der Waals surface area contributed by atoms with E-state index in [0.717, 1.165) is 22.8 Å². The van der Waals surface area contributed by atoms with Crippen LogP contribution in [-0.4, -0.2) is 19.4 Å². The molecule has 0 aliphatic rings. The molecule has 3 N–H and O–H groups in total. The van der Waals surface area contributed by atoms with Gasteiger partial charge < -0.3 is 0 Å². The van der Waals surface area contributed by atoms with Gasteiger partial charge in [-0.1, -0.05) is 18.3 Å². The number of hydrogen-bond donors (Lipinski definition) is 2. The standard InChI is InChI=1S/C11H18N6S/c1-4-17-8(5-6-13-17)10(14-12)11-9(7(2)3)15-16-18-11/h5-7,10,14H,4,12H2,1-3H3. The molecule has 2 aromatic rings. The SMILES string of the molecule is CCn1nccc1C(NN)c1snnc1C(C)C. The van der Waals surface area contributed by atoms with Crippen molar-refractivity contribution < 1.29 is 0 Å². The molecule has 0 aliphatic carbocycles. The first kappa shape index (κ1) is 13.1. The maximum absolute atomic E-state index is 5.71. The summed E-state index contributed by atoms with van der Waals surface area (Å²) in [6, 6.07) is 1.86. The van der Waals surface area contributed by atoms with E-state index < -0.39 is 0 Å². The average Bonchev–Trinajstić information content (AvgIpc) is 2.98. The summed E-state index contributed by atoms with van der Waals surface area (Å²) in [6.45, 7) is 7.07. The molecule has 0 aromatic carbocycles. The van der Waals surface area contributed by atoms with Gasteiger partial charge in [-0.15, -0.1) is 5.10 Å². The molecule has 0 fully saturated rings. The van der Waals surface area contributed by atoms with Crippen molar-refractivity contribution in [3.8, 4) is 0 Å². The van der Waals surface area contributed by atoms with Crippen molar-refractivity contribution in [2.75, 3.05) is 0 Å². The third kappa shape index (κ3) is 2.29. The lowest BCUT2D eigenvalue weighted by Crippen LogP contribution is -2.31. The highest BCUT2D eigenvalue weighted by molar-refractivity contribution is 7.05. The van der Waals surface area contributed by atoms with Crippen LogP contribution in [0.1, 0.15) is 49.0 Å². The highest BCUT2D eigenvalue weighted by atomic mass is 32.1. The maximum Gasteiger partial charge on any atom is 0.100 e. The molecule has 2 rings (SSSR count). The largest absolute Gasteiger partial charge is 0.270 e. The monoisotopic (exact) mass is 266 g/mol. The first-order valence-electron chi connectivity index (χ1n) is 5.99. The Labute approximate surface area is 110 Å². The van der Waals surface area contributed by atoms with E-state index in [9.17, 15) is 0 Å². The molecule has 7 heteroatoms. The minimum absolute atomic E-state index is 0.107. The number of nitrogens with zero attached hydrogens (tertiary/aromatic N) is 4. The quantitative estimate of drug-likeness (QED) is 0.632. The Morgan fingerprint density at radius 1 is 1.50 bits per heavy atom. The molecular formula is C11H18N6S. The molecule has 0 aliphatic heterocycles. The van der Waals surface area contributed by atoms with E-state index in [1.165, 1.54) is 11.5 Å². The van der Waals surface area contributed by atoms with E-state index in [1.54, 1.807) is 6.20 Å². The third-order valence-electron chi connectivity index (χ3n) is 2.86. The van der Waals surface area contributed by atoms with Crippen LogP contribution in [0, 0.1) is 0 Å². The van der Waals surface area contributed by atoms with Gasteiger partial charge in [0.1, 0.15) is 6.04 Å². The van der Waals surface area contributed by atoms with Crippen molar-refractivity contribution >= 4 is 11.5 Å². The lowest BCUT2D eigenvalue weighted by atomic mass is 10.0. The number of nitrogens with two attached hydrogens (primary N) is 1. The van der Waals surface area contributed by atoms with Crippen LogP contribution in [0.4, 0.5) is 0 Å². The van der Waals surface area contributed by atoms with Gasteiger partial charge in [0.25, 0.3) is 0 Å². The summed E-state index contributed by atoms with van der Waals surface area (Å²) in [6.07, 6.45) is 1.78. The molecule has 18 heavy (non-hydrogen) atoms. The molecule has 0 saturated carbocycles. The fraction of sp³-hybridized carbons (Fsp3) is 0.545. The zero-order chi connectivity index (χ0) is 13.1. The molecule has 0 amide bonds. The van der Waals surface area contributed by atoms with Crippen LogP contribution in [0.15, 0.2) is 12.3 Å². The molecule has 0 radical (unpaired) electrons. The van der Waals surface area contributed by atoms with Gasteiger partial charge in [-0.05, 0) is 30.4 Å². The zero-order valence-corrected chi connectivity index (χ0v) is 11.6. The van der Waals surface area contributed by atoms with Gasteiger partial charge in [0, 0.05) is 12.7 Å². The first-order chi connectivity index (χ1) is 8.69. The minimum atomic E-state index is -0.107. The van der Waals surface area contributed by atoms with E-state index in [4.69, 9.17) is 5.84 Å². The van der Waals surface area contributed by atoms with Gasteiger partial charge >= 0.3 is 0 Å². The lowest BCUT2D eigenvalue weighted by Gasteiger charge is -2.17. The summed E-state index contributed by atoms with van der Waals surface area (Å²) < 4.78 is 5.97. The molecule has 2 aromatic heterocycles. The van der Waals surface area contributed by atoms with E-state index >= 15 is 0 Å². The number of aryl methyl sites for hydroxylation is 1. The molecular weight excluding hydrogens is 248 g/mol. The van der Waals surface area contributed by atoms with Crippen LogP contribution < -0.4 is 11.3 Å². The second-order valence-corrected chi connectivity index (χ2v) is 5.13. The zero-order valence-electron chi connectivity index (χ0n) is 10.8. The van der Waals surface area contributed by atoms with Crippen LogP contribution in [0.25, 0.3) is 0 Å². The topological polar surface area (TPSA) is 81.7 Å². The Kier molecular flexibility index (Phi) is 4.05. The van der Waals surface area contributed by atoms with Crippen LogP contribution in [0.5, 0.6) is 0 Å². The van der Waals surface area contributed by atoms with E-state index in [0.29, 0.717) is 5.92 Å². The van der Waals surface area contributed by atoms with Crippen LogP contribution >= 0.6 is 11.5 Å². The van der Waals surface area contributed by atoms with Crippen LogP contribution in [-0.2, 0) is 6.54 Å². The molecule has 0 bridgehead atoms. The lowest BCUT2D eigenvalue weighted by molar-refractivity contribution is 0.543. The summed E-state index contributed by atoms with van der Waals surface area (Å²) in [5, 5.41) is 8.47. The highest BCUT2D eigenvalue weighted by Crippen LogP contribution is 2.30. The molecule has 6 nitrogen and oxygen atoms in total. The molecule has 1 unspecified atom stereocenters. The molecule has 2 heterocycles. The van der Waals surface area contributed by atoms with Crippen LogP contribution in [0.2, 0.25) is 0 Å². The predicted octanol–water partition coefficient (Wildman–Crippen LogP) is 1.43. The number of hydrogen-bond acceptors (Lipinski definition) is 6. The summed E-state index contributed by atoms with van der Waals surface area (Å²) in [5.41, 5.74) is 4.87. The third-order valence-corrected chi connectivity index (χ3v) is 3.67. The smallest absolute Gasteiger partial charge is 0.100 e. The Morgan fingerprint density at radius 3 is 2.89 bits per heavy atom. The summed E-state index contributed by atoms with van der Waals surface area (Å²) in [5.74, 6) is 6.03. The average molecular weight is 266 g/mol. The molecule has 0 saturated heterocycles. The van der Waals surface area contributed by atoms with Crippen molar-refractivity contribution in [1.29, 1.82) is 0 Å². The Hall–Kier alpha value is -1.31.